The first-order chi connectivity index (χ1) is 3.75. The molecular formula is C4H4O4. The number of rotatable bonds is 1. The lowest BCUT2D eigenvalue weighted by Crippen LogP contribution is -2.42. The molecule has 1 aliphatic rings. The molecule has 0 aromatic carbocycles. The molecule has 0 spiro atoms. The Labute approximate surface area is 45.1 Å². The maximum absolute atomic E-state index is 10.1. The van der Waals surface area contributed by atoms with Crippen LogP contribution in [-0.4, -0.2) is 23.7 Å². The molecule has 1 heterocycles. The van der Waals surface area contributed by atoms with Gasteiger partial charge in [0.05, 0.1) is 6.61 Å². The Kier molecular flexibility index (Phi) is 1.02. The van der Waals surface area contributed by atoms with E-state index in [1.54, 1.807) is 0 Å². The lowest BCUT2D eigenvalue weighted by atomic mass is 10.1. The number of aliphatic hydroxyl groups excluding tert-OH is 1. The van der Waals surface area contributed by atoms with Gasteiger partial charge in [-0.1, -0.05) is 0 Å². The summed E-state index contributed by atoms with van der Waals surface area (Å²) in [5.41, 5.74) is 0. The fraction of sp³-hybridized carbons (Fsp3) is 0.500. The number of cyclic esters (lactones) is 2. The Hall–Kier alpha value is -0.900. The van der Waals surface area contributed by atoms with E-state index in [1.807, 2.05) is 0 Å². The average Bonchev–Trinajstić information content (AvgIpc) is 1.67. The Morgan fingerprint density at radius 2 is 2.00 bits per heavy atom. The number of ether oxygens (including phenoxy) is 1. The van der Waals surface area contributed by atoms with Crippen molar-refractivity contribution >= 4 is 11.9 Å². The molecule has 1 N–H and O–H groups in total. The normalized spacial score (nSPS) is 20.1. The van der Waals surface area contributed by atoms with Gasteiger partial charge in [-0.15, -0.1) is 0 Å². The molecule has 1 aliphatic heterocycles. The summed E-state index contributed by atoms with van der Waals surface area (Å²) in [6, 6.07) is 0. The largest absolute Gasteiger partial charge is 0.395 e. The van der Waals surface area contributed by atoms with Crippen LogP contribution in [0.5, 0.6) is 0 Å². The van der Waals surface area contributed by atoms with Crippen molar-refractivity contribution in [2.75, 3.05) is 6.61 Å². The minimum atomic E-state index is -0.894. The first kappa shape index (κ1) is 5.24. The molecule has 0 unspecified atom stereocenters. The van der Waals surface area contributed by atoms with Crippen LogP contribution in [0.15, 0.2) is 0 Å². The molecule has 0 atom stereocenters. The number of hydrogen-bond acceptors (Lipinski definition) is 4. The molecule has 44 valence electrons. The lowest BCUT2D eigenvalue weighted by molar-refractivity contribution is -0.185. The van der Waals surface area contributed by atoms with Crippen LogP contribution in [0.2, 0.25) is 0 Å². The Morgan fingerprint density at radius 1 is 1.50 bits per heavy atom. The van der Waals surface area contributed by atoms with Crippen LogP contribution in [0.25, 0.3) is 0 Å². The van der Waals surface area contributed by atoms with Crippen molar-refractivity contribution in [3.8, 4) is 0 Å². The Bertz CT molecular complexity index is 125. The monoisotopic (exact) mass is 116 g/mol. The maximum Gasteiger partial charge on any atom is 0.330 e. The van der Waals surface area contributed by atoms with Gasteiger partial charge in [0.1, 0.15) is 0 Å². The molecule has 0 aliphatic carbocycles. The summed E-state index contributed by atoms with van der Waals surface area (Å²) in [6.45, 7) is -0.433. The number of esters is 2. The summed E-state index contributed by atoms with van der Waals surface area (Å²) in [4.78, 5) is 20.1. The van der Waals surface area contributed by atoms with E-state index in [-0.39, 0.29) is 0 Å². The van der Waals surface area contributed by atoms with Crippen LogP contribution in [0.3, 0.4) is 0 Å². The number of carbonyl (C=O) groups is 2. The third-order valence-corrected chi connectivity index (χ3v) is 0.953. The van der Waals surface area contributed by atoms with Gasteiger partial charge in [-0.3, -0.25) is 9.59 Å². The Morgan fingerprint density at radius 3 is 2.12 bits per heavy atom. The van der Waals surface area contributed by atoms with Crippen molar-refractivity contribution in [2.24, 2.45) is 5.92 Å². The zero-order valence-corrected chi connectivity index (χ0v) is 3.96. The van der Waals surface area contributed by atoms with Gasteiger partial charge < -0.3 is 9.84 Å². The summed E-state index contributed by atoms with van der Waals surface area (Å²) in [6.07, 6.45) is 0. The first-order valence-electron chi connectivity index (χ1n) is 2.12. The van der Waals surface area contributed by atoms with Crippen LogP contribution in [0.4, 0.5) is 0 Å². The minimum Gasteiger partial charge on any atom is -0.395 e. The molecule has 0 saturated carbocycles. The minimum absolute atomic E-state index is 0.433. The maximum atomic E-state index is 10.1. The Balaban J connectivity index is 2.52. The topological polar surface area (TPSA) is 63.6 Å². The van der Waals surface area contributed by atoms with Crippen LogP contribution in [-0.2, 0) is 14.3 Å². The molecule has 8 heavy (non-hydrogen) atoms. The number of aliphatic hydroxyl groups is 1. The highest BCUT2D eigenvalue weighted by Crippen LogP contribution is 2.12. The van der Waals surface area contributed by atoms with Gasteiger partial charge in [0.2, 0.25) is 0 Å². The standard InChI is InChI=1S/C4H4O4/c5-1-2-3(6)8-4(2)7/h2,5H,1H2. The van der Waals surface area contributed by atoms with Crippen molar-refractivity contribution in [2.45, 2.75) is 0 Å². The van der Waals surface area contributed by atoms with Gasteiger partial charge in [0.15, 0.2) is 5.92 Å². The second-order valence-electron chi connectivity index (χ2n) is 1.48. The molecule has 1 fully saturated rings. The van der Waals surface area contributed by atoms with Crippen molar-refractivity contribution < 1.29 is 19.4 Å². The molecule has 0 radical (unpaired) electrons. The van der Waals surface area contributed by atoms with E-state index in [1.165, 1.54) is 0 Å². The van der Waals surface area contributed by atoms with E-state index in [4.69, 9.17) is 5.11 Å². The molecule has 4 heteroatoms. The van der Waals surface area contributed by atoms with Gasteiger partial charge in [-0.2, -0.15) is 0 Å². The first-order valence-corrected chi connectivity index (χ1v) is 2.12. The van der Waals surface area contributed by atoms with Crippen LogP contribution >= 0.6 is 0 Å². The summed E-state index contributed by atoms with van der Waals surface area (Å²) >= 11 is 0. The number of hydrogen-bond donors (Lipinski definition) is 1. The average molecular weight is 116 g/mol. The van der Waals surface area contributed by atoms with Crippen LogP contribution in [0.1, 0.15) is 0 Å². The van der Waals surface area contributed by atoms with E-state index in [9.17, 15) is 9.59 Å². The van der Waals surface area contributed by atoms with Crippen LogP contribution < -0.4 is 0 Å². The van der Waals surface area contributed by atoms with E-state index in [2.05, 4.69) is 4.74 Å². The second kappa shape index (κ2) is 1.56. The molecule has 4 nitrogen and oxygen atoms in total. The number of carbonyl (C=O) groups excluding carboxylic acids is 2. The quantitative estimate of drug-likeness (QED) is 0.341. The fourth-order valence-electron chi connectivity index (χ4n) is 0.429. The summed E-state index contributed by atoms with van der Waals surface area (Å²) < 4.78 is 3.90. The highest BCUT2D eigenvalue weighted by atomic mass is 16.6. The van der Waals surface area contributed by atoms with Gasteiger partial charge in [-0.25, -0.2) is 0 Å². The third-order valence-electron chi connectivity index (χ3n) is 0.953. The van der Waals surface area contributed by atoms with Gasteiger partial charge in [0.25, 0.3) is 0 Å². The molecular weight excluding hydrogens is 112 g/mol. The highest BCUT2D eigenvalue weighted by Gasteiger charge is 2.40. The SMILES string of the molecule is O=C1OC(=O)C1CO. The summed E-state index contributed by atoms with van der Waals surface area (Å²) in [7, 11) is 0. The molecule has 0 aromatic rings. The van der Waals surface area contributed by atoms with Crippen molar-refractivity contribution in [1.82, 2.24) is 0 Å². The highest BCUT2D eigenvalue weighted by molar-refractivity contribution is 6.09. The van der Waals surface area contributed by atoms with Gasteiger partial charge >= 0.3 is 11.9 Å². The smallest absolute Gasteiger partial charge is 0.330 e. The van der Waals surface area contributed by atoms with Crippen LogP contribution in [0, 0.1) is 5.92 Å². The van der Waals surface area contributed by atoms with E-state index < -0.39 is 24.5 Å². The molecule has 0 amide bonds. The van der Waals surface area contributed by atoms with E-state index >= 15 is 0 Å². The fourth-order valence-corrected chi connectivity index (χ4v) is 0.429. The van der Waals surface area contributed by atoms with Crippen molar-refractivity contribution in [1.29, 1.82) is 0 Å². The zero-order valence-electron chi connectivity index (χ0n) is 3.96. The summed E-state index contributed by atoms with van der Waals surface area (Å²) in [5, 5.41) is 8.21. The van der Waals surface area contributed by atoms with Crippen molar-refractivity contribution in [3.05, 3.63) is 0 Å². The third kappa shape index (κ3) is 0.500. The summed E-state index contributed by atoms with van der Waals surface area (Å²) in [5.74, 6) is -2.15. The lowest BCUT2D eigenvalue weighted by Gasteiger charge is -2.18. The van der Waals surface area contributed by atoms with E-state index in [0.717, 1.165) is 0 Å². The molecule has 0 bridgehead atoms. The predicted molar refractivity (Wildman–Crippen MR) is 21.7 cm³/mol. The second-order valence-corrected chi connectivity index (χ2v) is 1.48. The van der Waals surface area contributed by atoms with Crippen molar-refractivity contribution in [3.63, 3.8) is 0 Å². The van der Waals surface area contributed by atoms with E-state index in [0.29, 0.717) is 0 Å². The van der Waals surface area contributed by atoms with Gasteiger partial charge in [-0.05, 0) is 0 Å². The predicted octanol–water partition coefficient (Wildman–Crippen LogP) is -1.32. The molecule has 1 saturated heterocycles. The zero-order chi connectivity index (χ0) is 6.15. The molecule has 1 rings (SSSR count). The van der Waals surface area contributed by atoms with Gasteiger partial charge in [0, 0.05) is 0 Å². The molecule has 0 aromatic heterocycles.